The Balaban J connectivity index is 2.01. The number of para-hydroxylation sites is 1. The van der Waals surface area contributed by atoms with Crippen molar-refractivity contribution in [3.8, 4) is 0 Å². The fraction of sp³-hybridized carbons (Fsp3) is 0.211. The molecule has 0 radical (unpaired) electrons. The van der Waals surface area contributed by atoms with Crippen molar-refractivity contribution in [2.75, 3.05) is 12.1 Å². The van der Waals surface area contributed by atoms with E-state index < -0.39 is 0 Å². The van der Waals surface area contributed by atoms with Gasteiger partial charge in [0, 0.05) is 12.4 Å². The molecule has 0 fully saturated rings. The monoisotopic (exact) mass is 304 g/mol. The number of anilines is 1. The maximum Gasteiger partial charge on any atom is 0.160 e. The Morgan fingerprint density at radius 3 is 2.39 bits per heavy atom. The lowest BCUT2D eigenvalue weighted by atomic mass is 10.1. The number of fused-ring (bicyclic) bond motifs is 1. The van der Waals surface area contributed by atoms with Gasteiger partial charge in [-0.1, -0.05) is 42.0 Å². The molecular weight excluding hydrogens is 284 g/mol. The summed E-state index contributed by atoms with van der Waals surface area (Å²) in [6, 6.07) is 16.4. The van der Waals surface area contributed by atoms with Crippen LogP contribution in [0.5, 0.6) is 0 Å². The average molecular weight is 304 g/mol. The summed E-state index contributed by atoms with van der Waals surface area (Å²) in [6.45, 7) is 6.00. The summed E-state index contributed by atoms with van der Waals surface area (Å²) in [7, 11) is 1.92. The number of aromatic nitrogens is 2. The molecule has 0 atom stereocenters. The molecule has 3 aromatic rings. The number of aryl methyl sites for hydroxylation is 2. The van der Waals surface area contributed by atoms with E-state index in [-0.39, 0.29) is 0 Å². The van der Waals surface area contributed by atoms with Gasteiger partial charge in [-0.2, -0.15) is 5.10 Å². The highest BCUT2D eigenvalue weighted by atomic mass is 15.5. The second-order valence-electron chi connectivity index (χ2n) is 5.69. The predicted octanol–water partition coefficient (Wildman–Crippen LogP) is 4.11. The number of hydrogen-bond donors (Lipinski definition) is 0. The van der Waals surface area contributed by atoms with Crippen LogP contribution in [0.25, 0.3) is 10.9 Å². The van der Waals surface area contributed by atoms with Crippen LogP contribution >= 0.6 is 0 Å². The third-order valence-electron chi connectivity index (χ3n) is 3.77. The maximum absolute atomic E-state index is 4.70. The van der Waals surface area contributed by atoms with Crippen molar-refractivity contribution in [1.82, 2.24) is 9.97 Å². The van der Waals surface area contributed by atoms with Crippen molar-refractivity contribution in [2.45, 2.75) is 20.8 Å². The van der Waals surface area contributed by atoms with Crippen molar-refractivity contribution in [1.29, 1.82) is 0 Å². The van der Waals surface area contributed by atoms with E-state index in [1.54, 1.807) is 0 Å². The summed E-state index contributed by atoms with van der Waals surface area (Å²) >= 11 is 0. The highest BCUT2D eigenvalue weighted by Gasteiger charge is 2.10. The molecule has 0 aliphatic carbocycles. The van der Waals surface area contributed by atoms with E-state index in [2.05, 4.69) is 41.2 Å². The first-order valence-electron chi connectivity index (χ1n) is 7.64. The largest absolute Gasteiger partial charge is 0.250 e. The number of hydrogen-bond acceptors (Lipinski definition) is 4. The quantitative estimate of drug-likeness (QED) is 0.540. The molecule has 116 valence electrons. The molecule has 0 bridgehead atoms. The van der Waals surface area contributed by atoms with Gasteiger partial charge < -0.3 is 0 Å². The van der Waals surface area contributed by atoms with Crippen LogP contribution in [0.3, 0.4) is 0 Å². The third kappa shape index (κ3) is 3.21. The van der Waals surface area contributed by atoms with Crippen LogP contribution in [0.4, 0.5) is 5.82 Å². The Morgan fingerprint density at radius 2 is 1.65 bits per heavy atom. The van der Waals surface area contributed by atoms with E-state index in [1.807, 2.05) is 50.2 Å². The molecule has 0 saturated heterocycles. The van der Waals surface area contributed by atoms with E-state index in [0.717, 1.165) is 33.8 Å². The standard InChI is InChI=1S/C19H20N4/c1-13-9-11-16(12-10-13)14(2)22-23(4)19-17-7-5-6-8-18(17)20-15(3)21-19/h5-12H,1-4H3. The van der Waals surface area contributed by atoms with E-state index in [1.165, 1.54) is 5.56 Å². The zero-order valence-electron chi connectivity index (χ0n) is 13.9. The topological polar surface area (TPSA) is 41.4 Å². The molecule has 4 nitrogen and oxygen atoms in total. The van der Waals surface area contributed by atoms with Crippen LogP contribution < -0.4 is 5.01 Å². The van der Waals surface area contributed by atoms with Crippen LogP contribution in [0.15, 0.2) is 53.6 Å². The van der Waals surface area contributed by atoms with Gasteiger partial charge in [0.05, 0.1) is 11.2 Å². The van der Waals surface area contributed by atoms with Gasteiger partial charge in [0.15, 0.2) is 5.82 Å². The molecule has 0 aliphatic heterocycles. The number of nitrogens with zero attached hydrogens (tertiary/aromatic N) is 4. The lowest BCUT2D eigenvalue weighted by molar-refractivity contribution is 0.955. The smallest absolute Gasteiger partial charge is 0.160 e. The highest BCUT2D eigenvalue weighted by molar-refractivity contribution is 5.99. The third-order valence-corrected chi connectivity index (χ3v) is 3.77. The second kappa shape index (κ2) is 6.16. The summed E-state index contributed by atoms with van der Waals surface area (Å²) in [4.78, 5) is 9.05. The summed E-state index contributed by atoms with van der Waals surface area (Å²) in [5, 5.41) is 7.52. The van der Waals surface area contributed by atoms with Crippen molar-refractivity contribution in [3.05, 3.63) is 65.5 Å². The Hall–Kier alpha value is -2.75. The van der Waals surface area contributed by atoms with Gasteiger partial charge in [0.1, 0.15) is 5.82 Å². The van der Waals surface area contributed by atoms with Gasteiger partial charge in [-0.15, -0.1) is 0 Å². The van der Waals surface area contributed by atoms with Crippen LogP contribution in [-0.4, -0.2) is 22.7 Å². The van der Waals surface area contributed by atoms with Crippen molar-refractivity contribution < 1.29 is 0 Å². The van der Waals surface area contributed by atoms with Gasteiger partial charge in [-0.25, -0.2) is 9.97 Å². The molecule has 0 unspecified atom stereocenters. The molecule has 1 aromatic heterocycles. The molecule has 0 amide bonds. The molecule has 0 saturated carbocycles. The van der Waals surface area contributed by atoms with Crippen LogP contribution in [0, 0.1) is 13.8 Å². The molecule has 1 heterocycles. The van der Waals surface area contributed by atoms with Gasteiger partial charge in [-0.05, 0) is 38.5 Å². The van der Waals surface area contributed by atoms with Crippen molar-refractivity contribution >= 4 is 22.4 Å². The molecular formula is C19H20N4. The number of benzene rings is 2. The minimum absolute atomic E-state index is 0.744. The Labute approximate surface area is 136 Å². The zero-order chi connectivity index (χ0) is 16.4. The first-order valence-corrected chi connectivity index (χ1v) is 7.64. The van der Waals surface area contributed by atoms with Gasteiger partial charge >= 0.3 is 0 Å². The zero-order valence-corrected chi connectivity index (χ0v) is 13.9. The van der Waals surface area contributed by atoms with Crippen molar-refractivity contribution in [2.24, 2.45) is 5.10 Å². The average Bonchev–Trinajstić information content (AvgIpc) is 2.54. The van der Waals surface area contributed by atoms with Gasteiger partial charge in [-0.3, -0.25) is 5.01 Å². The molecule has 3 rings (SSSR count). The second-order valence-corrected chi connectivity index (χ2v) is 5.69. The summed E-state index contributed by atoms with van der Waals surface area (Å²) in [5.74, 6) is 1.56. The van der Waals surface area contributed by atoms with E-state index >= 15 is 0 Å². The normalized spacial score (nSPS) is 11.7. The Morgan fingerprint density at radius 1 is 0.957 bits per heavy atom. The Bertz CT molecular complexity index is 866. The molecule has 0 N–H and O–H groups in total. The molecule has 0 spiro atoms. The predicted molar refractivity (Wildman–Crippen MR) is 96.1 cm³/mol. The van der Waals surface area contributed by atoms with Gasteiger partial charge in [0.25, 0.3) is 0 Å². The molecule has 0 aliphatic rings. The first-order chi connectivity index (χ1) is 11.0. The van der Waals surface area contributed by atoms with E-state index in [0.29, 0.717) is 0 Å². The van der Waals surface area contributed by atoms with E-state index in [9.17, 15) is 0 Å². The minimum atomic E-state index is 0.744. The first kappa shape index (κ1) is 15.2. The number of hydrazone groups is 1. The summed E-state index contributed by atoms with van der Waals surface area (Å²) in [6.07, 6.45) is 0. The fourth-order valence-electron chi connectivity index (χ4n) is 2.54. The van der Waals surface area contributed by atoms with Crippen LogP contribution in [0.1, 0.15) is 23.9 Å². The minimum Gasteiger partial charge on any atom is -0.250 e. The molecule has 2 aromatic carbocycles. The van der Waals surface area contributed by atoms with E-state index in [4.69, 9.17) is 5.10 Å². The highest BCUT2D eigenvalue weighted by Crippen LogP contribution is 2.23. The van der Waals surface area contributed by atoms with Crippen LogP contribution in [-0.2, 0) is 0 Å². The van der Waals surface area contributed by atoms with Gasteiger partial charge in [0.2, 0.25) is 0 Å². The van der Waals surface area contributed by atoms with Crippen LogP contribution in [0.2, 0.25) is 0 Å². The summed E-state index contributed by atoms with van der Waals surface area (Å²) in [5.41, 5.74) is 4.24. The summed E-state index contributed by atoms with van der Waals surface area (Å²) < 4.78 is 0. The van der Waals surface area contributed by atoms with Crippen molar-refractivity contribution in [3.63, 3.8) is 0 Å². The molecule has 4 heteroatoms. The molecule has 23 heavy (non-hydrogen) atoms. The lowest BCUT2D eigenvalue weighted by Gasteiger charge is -2.16. The fourth-order valence-corrected chi connectivity index (χ4v) is 2.54. The lowest BCUT2D eigenvalue weighted by Crippen LogP contribution is -2.15. The maximum atomic E-state index is 4.70. The SMILES string of the molecule is CC(=NN(C)c1nc(C)nc2ccccc12)c1ccc(C)cc1. The number of rotatable bonds is 3. The Kier molecular flexibility index (Phi) is 4.06.